The summed E-state index contributed by atoms with van der Waals surface area (Å²) in [5.74, 6) is 0. The Bertz CT molecular complexity index is 78.8. The van der Waals surface area contributed by atoms with Gasteiger partial charge in [0.05, 0.1) is 6.10 Å². The third kappa shape index (κ3) is 1.13. The summed E-state index contributed by atoms with van der Waals surface area (Å²) in [5, 5.41) is 9.04. The molecule has 2 N–H and O–H groups in total. The third-order valence-corrected chi connectivity index (χ3v) is 1.90. The number of aliphatic hydroxyl groups excluding tert-OH is 1. The highest BCUT2D eigenvalue weighted by Crippen LogP contribution is 2.18. The van der Waals surface area contributed by atoms with Crippen molar-refractivity contribution < 1.29 is 5.11 Å². The van der Waals surface area contributed by atoms with Crippen LogP contribution < -0.4 is 4.84 Å². The van der Waals surface area contributed by atoms with Crippen molar-refractivity contribution >= 4 is 11.8 Å². The fourth-order valence-electron chi connectivity index (χ4n) is 1.07. The number of hydrogen-bond acceptors (Lipinski definition) is 2. The van der Waals surface area contributed by atoms with Gasteiger partial charge in [-0.05, 0) is 31.0 Å². The van der Waals surface area contributed by atoms with Gasteiger partial charge in [-0.25, -0.2) is 4.84 Å². The molecule has 0 aromatic carbocycles. The quantitative estimate of drug-likeness (QED) is 0.518. The molecule has 0 bridgehead atoms. The van der Waals surface area contributed by atoms with Crippen LogP contribution in [0.3, 0.4) is 0 Å². The maximum absolute atomic E-state index is 9.04. The molecular formula is C5H10ClNO. The van der Waals surface area contributed by atoms with Crippen molar-refractivity contribution in [2.24, 2.45) is 0 Å². The van der Waals surface area contributed by atoms with Gasteiger partial charge < -0.3 is 5.11 Å². The minimum atomic E-state index is -0.215. The molecule has 0 heterocycles. The van der Waals surface area contributed by atoms with E-state index in [9.17, 15) is 0 Å². The Hall–Kier alpha value is 0.210. The summed E-state index contributed by atoms with van der Waals surface area (Å²) in [6, 6.07) is 0.136. The molecule has 2 nitrogen and oxygen atoms in total. The molecule has 1 rings (SSSR count). The fraction of sp³-hybridized carbons (Fsp3) is 1.00. The molecule has 3 heteroatoms. The summed E-state index contributed by atoms with van der Waals surface area (Å²) in [7, 11) is 0. The molecule has 0 aliphatic heterocycles. The van der Waals surface area contributed by atoms with E-state index in [1.807, 2.05) is 0 Å². The van der Waals surface area contributed by atoms with Crippen LogP contribution in [0.1, 0.15) is 19.3 Å². The number of aliphatic hydroxyl groups is 1. The Balaban J connectivity index is 2.30. The summed E-state index contributed by atoms with van der Waals surface area (Å²) in [5.41, 5.74) is 0. The molecule has 1 aliphatic rings. The van der Waals surface area contributed by atoms with Crippen molar-refractivity contribution in [3.8, 4) is 0 Å². The molecule has 1 aliphatic carbocycles. The molecule has 0 radical (unpaired) electrons. The van der Waals surface area contributed by atoms with Crippen LogP contribution in [0.25, 0.3) is 0 Å². The number of rotatable bonds is 1. The van der Waals surface area contributed by atoms with Crippen LogP contribution in [0, 0.1) is 0 Å². The first-order valence-electron chi connectivity index (χ1n) is 2.89. The van der Waals surface area contributed by atoms with Crippen LogP contribution in [0.15, 0.2) is 0 Å². The van der Waals surface area contributed by atoms with Gasteiger partial charge in [0.25, 0.3) is 0 Å². The molecular weight excluding hydrogens is 126 g/mol. The summed E-state index contributed by atoms with van der Waals surface area (Å²) in [6.45, 7) is 0. The van der Waals surface area contributed by atoms with Gasteiger partial charge in [-0.15, -0.1) is 0 Å². The second-order valence-corrected chi connectivity index (χ2v) is 2.43. The van der Waals surface area contributed by atoms with Gasteiger partial charge >= 0.3 is 0 Å². The van der Waals surface area contributed by atoms with Gasteiger partial charge in [0, 0.05) is 6.04 Å². The molecule has 0 aromatic rings. The van der Waals surface area contributed by atoms with Crippen LogP contribution in [-0.2, 0) is 0 Å². The largest absolute Gasteiger partial charge is 0.391 e. The Morgan fingerprint density at radius 1 is 1.50 bits per heavy atom. The van der Waals surface area contributed by atoms with E-state index in [0.29, 0.717) is 0 Å². The minimum Gasteiger partial charge on any atom is -0.391 e. The van der Waals surface area contributed by atoms with Crippen LogP contribution in [0.5, 0.6) is 0 Å². The van der Waals surface area contributed by atoms with Crippen LogP contribution in [0.2, 0.25) is 0 Å². The SMILES string of the molecule is O[C@H]1CCC[C@H]1NCl. The van der Waals surface area contributed by atoms with Crippen LogP contribution in [0.4, 0.5) is 0 Å². The van der Waals surface area contributed by atoms with E-state index in [1.165, 1.54) is 0 Å². The van der Waals surface area contributed by atoms with Crippen molar-refractivity contribution in [1.82, 2.24) is 4.84 Å². The van der Waals surface area contributed by atoms with E-state index in [0.717, 1.165) is 19.3 Å². The maximum atomic E-state index is 9.04. The van der Waals surface area contributed by atoms with E-state index in [1.54, 1.807) is 0 Å². The second kappa shape index (κ2) is 2.67. The molecule has 0 amide bonds. The Labute approximate surface area is 54.0 Å². The smallest absolute Gasteiger partial charge is 0.0705 e. The molecule has 0 unspecified atom stereocenters. The van der Waals surface area contributed by atoms with Crippen molar-refractivity contribution in [2.75, 3.05) is 0 Å². The Kier molecular flexibility index (Phi) is 2.11. The normalized spacial score (nSPS) is 38.2. The van der Waals surface area contributed by atoms with Crippen LogP contribution in [-0.4, -0.2) is 17.3 Å². The highest BCUT2D eigenvalue weighted by atomic mass is 35.5. The first-order chi connectivity index (χ1) is 3.84. The zero-order valence-electron chi connectivity index (χ0n) is 4.60. The van der Waals surface area contributed by atoms with Gasteiger partial charge in [-0.2, -0.15) is 0 Å². The lowest BCUT2D eigenvalue weighted by molar-refractivity contribution is 0.159. The molecule has 2 atom stereocenters. The molecule has 0 aromatic heterocycles. The van der Waals surface area contributed by atoms with E-state index in [-0.39, 0.29) is 12.1 Å². The monoisotopic (exact) mass is 135 g/mol. The number of hydrogen-bond donors (Lipinski definition) is 2. The third-order valence-electron chi connectivity index (χ3n) is 1.62. The number of nitrogens with one attached hydrogen (secondary N) is 1. The van der Waals surface area contributed by atoms with Gasteiger partial charge in [-0.3, -0.25) is 0 Å². The van der Waals surface area contributed by atoms with Crippen molar-refractivity contribution in [3.05, 3.63) is 0 Å². The predicted octanol–water partition coefficient (Wildman–Crippen LogP) is 0.643. The van der Waals surface area contributed by atoms with E-state index >= 15 is 0 Å². The molecule has 0 saturated heterocycles. The van der Waals surface area contributed by atoms with Crippen molar-refractivity contribution in [2.45, 2.75) is 31.4 Å². The highest BCUT2D eigenvalue weighted by molar-refractivity contribution is 6.13. The van der Waals surface area contributed by atoms with E-state index in [4.69, 9.17) is 16.9 Å². The van der Waals surface area contributed by atoms with Gasteiger partial charge in [-0.1, -0.05) is 0 Å². The zero-order valence-corrected chi connectivity index (χ0v) is 5.36. The van der Waals surface area contributed by atoms with Crippen molar-refractivity contribution in [3.63, 3.8) is 0 Å². The summed E-state index contributed by atoms with van der Waals surface area (Å²) in [4.78, 5) is 2.54. The second-order valence-electron chi connectivity index (χ2n) is 2.21. The van der Waals surface area contributed by atoms with Gasteiger partial charge in [0.1, 0.15) is 0 Å². The van der Waals surface area contributed by atoms with Crippen molar-refractivity contribution in [1.29, 1.82) is 0 Å². The maximum Gasteiger partial charge on any atom is 0.0705 e. The molecule has 0 spiro atoms. The standard InChI is InChI=1S/C5H10ClNO/c6-7-4-2-1-3-5(4)8/h4-5,7-8H,1-3H2/t4-,5+/m1/s1. The lowest BCUT2D eigenvalue weighted by Gasteiger charge is -2.09. The average molecular weight is 136 g/mol. The first kappa shape index (κ1) is 6.33. The Morgan fingerprint density at radius 3 is 2.50 bits per heavy atom. The van der Waals surface area contributed by atoms with Gasteiger partial charge in [0.15, 0.2) is 0 Å². The Morgan fingerprint density at radius 2 is 2.25 bits per heavy atom. The first-order valence-corrected chi connectivity index (χ1v) is 3.26. The lowest BCUT2D eigenvalue weighted by atomic mass is 10.2. The van der Waals surface area contributed by atoms with Crippen LogP contribution >= 0.6 is 11.8 Å². The summed E-state index contributed by atoms with van der Waals surface area (Å²) >= 11 is 5.29. The lowest BCUT2D eigenvalue weighted by Crippen LogP contribution is -2.28. The van der Waals surface area contributed by atoms with E-state index in [2.05, 4.69) is 4.84 Å². The topological polar surface area (TPSA) is 32.3 Å². The minimum absolute atomic E-state index is 0.136. The highest BCUT2D eigenvalue weighted by Gasteiger charge is 2.23. The predicted molar refractivity (Wildman–Crippen MR) is 32.6 cm³/mol. The van der Waals surface area contributed by atoms with E-state index < -0.39 is 0 Å². The number of halogens is 1. The summed E-state index contributed by atoms with van der Waals surface area (Å²) < 4.78 is 0. The average Bonchev–Trinajstić information content (AvgIpc) is 2.14. The molecule has 8 heavy (non-hydrogen) atoms. The zero-order chi connectivity index (χ0) is 5.98. The molecule has 48 valence electrons. The van der Waals surface area contributed by atoms with Gasteiger partial charge in [0.2, 0.25) is 0 Å². The summed E-state index contributed by atoms with van der Waals surface area (Å²) in [6.07, 6.45) is 2.77. The molecule has 1 saturated carbocycles. The molecule has 1 fully saturated rings. The fourth-order valence-corrected chi connectivity index (χ4v) is 1.32.